The number of nitro groups is 1. The summed E-state index contributed by atoms with van der Waals surface area (Å²) >= 11 is 1.58. The average Bonchev–Trinajstić information content (AvgIpc) is 2.96. The van der Waals surface area contributed by atoms with Crippen LogP contribution in [0.1, 0.15) is 11.3 Å². The zero-order valence-electron chi connectivity index (χ0n) is 11.9. The van der Waals surface area contributed by atoms with Gasteiger partial charge in [0.25, 0.3) is 5.69 Å². The van der Waals surface area contributed by atoms with Crippen LogP contribution in [-0.4, -0.2) is 25.2 Å². The maximum Gasteiger partial charge on any atom is 0.278 e. The van der Waals surface area contributed by atoms with Crippen LogP contribution in [0.4, 0.5) is 5.69 Å². The van der Waals surface area contributed by atoms with E-state index in [2.05, 4.69) is 5.32 Å². The number of thiophene rings is 1. The molecule has 5 nitrogen and oxygen atoms in total. The van der Waals surface area contributed by atoms with Crippen LogP contribution in [0.2, 0.25) is 0 Å². The number of methoxy groups -OCH3 is 1. The minimum absolute atomic E-state index is 0.152. The molecule has 0 bridgehead atoms. The van der Waals surface area contributed by atoms with Crippen molar-refractivity contribution in [2.24, 2.45) is 0 Å². The lowest BCUT2D eigenvalue weighted by molar-refractivity contribution is -0.384. The Balaban J connectivity index is 2.01. The SMILES string of the molecule is COCCCNCc1ccc(-c2ccccc2[N+](=O)[O-])s1. The van der Waals surface area contributed by atoms with E-state index >= 15 is 0 Å². The van der Waals surface area contributed by atoms with Gasteiger partial charge < -0.3 is 10.1 Å². The van der Waals surface area contributed by atoms with Gasteiger partial charge in [0.15, 0.2) is 0 Å². The highest BCUT2D eigenvalue weighted by molar-refractivity contribution is 7.15. The first kappa shape index (κ1) is 15.6. The van der Waals surface area contributed by atoms with Crippen molar-refractivity contribution in [2.75, 3.05) is 20.3 Å². The Labute approximate surface area is 127 Å². The Kier molecular flexibility index (Phi) is 5.86. The number of rotatable bonds is 8. The predicted octanol–water partition coefficient (Wildman–Crippen LogP) is 3.45. The second kappa shape index (κ2) is 7.87. The minimum Gasteiger partial charge on any atom is -0.385 e. The monoisotopic (exact) mass is 306 g/mol. The fourth-order valence-electron chi connectivity index (χ4n) is 2.01. The van der Waals surface area contributed by atoms with Gasteiger partial charge in [-0.1, -0.05) is 12.1 Å². The molecule has 1 aromatic heterocycles. The Bertz CT molecular complexity index is 598. The van der Waals surface area contributed by atoms with Gasteiger partial charge in [0, 0.05) is 36.1 Å². The number of hydrogen-bond donors (Lipinski definition) is 1. The maximum atomic E-state index is 11.1. The lowest BCUT2D eigenvalue weighted by atomic mass is 10.1. The highest BCUT2D eigenvalue weighted by Gasteiger charge is 2.15. The molecule has 0 aliphatic carbocycles. The first-order valence-electron chi connectivity index (χ1n) is 6.74. The molecule has 0 radical (unpaired) electrons. The third-order valence-electron chi connectivity index (χ3n) is 3.03. The summed E-state index contributed by atoms with van der Waals surface area (Å²) in [7, 11) is 1.69. The molecule has 0 fully saturated rings. The van der Waals surface area contributed by atoms with Crippen molar-refractivity contribution < 1.29 is 9.66 Å². The average molecular weight is 306 g/mol. The number of benzene rings is 1. The second-order valence-corrected chi connectivity index (χ2v) is 5.73. The van der Waals surface area contributed by atoms with Gasteiger partial charge in [0.05, 0.1) is 10.5 Å². The fourth-order valence-corrected chi connectivity index (χ4v) is 3.02. The van der Waals surface area contributed by atoms with E-state index in [-0.39, 0.29) is 10.6 Å². The first-order chi connectivity index (χ1) is 10.2. The Morgan fingerprint density at radius 2 is 2.10 bits per heavy atom. The maximum absolute atomic E-state index is 11.1. The van der Waals surface area contributed by atoms with Crippen LogP contribution in [0.15, 0.2) is 36.4 Å². The molecule has 112 valence electrons. The van der Waals surface area contributed by atoms with Crippen LogP contribution < -0.4 is 5.32 Å². The van der Waals surface area contributed by atoms with Crippen LogP contribution >= 0.6 is 11.3 Å². The molecule has 0 aliphatic heterocycles. The number of nitrogens with zero attached hydrogens (tertiary/aromatic N) is 1. The molecule has 2 rings (SSSR count). The lowest BCUT2D eigenvalue weighted by Gasteiger charge is -2.02. The van der Waals surface area contributed by atoms with Gasteiger partial charge in [0.1, 0.15) is 0 Å². The highest BCUT2D eigenvalue weighted by Crippen LogP contribution is 2.34. The Hall–Kier alpha value is -1.76. The molecule has 0 amide bonds. The summed E-state index contributed by atoms with van der Waals surface area (Å²) in [6.07, 6.45) is 0.971. The molecule has 1 heterocycles. The van der Waals surface area contributed by atoms with Gasteiger partial charge in [-0.05, 0) is 31.2 Å². The molecule has 0 atom stereocenters. The number of nitrogens with one attached hydrogen (secondary N) is 1. The summed E-state index contributed by atoms with van der Waals surface area (Å²) in [5.41, 5.74) is 0.831. The van der Waals surface area contributed by atoms with E-state index < -0.39 is 0 Å². The Morgan fingerprint density at radius 3 is 2.86 bits per heavy atom. The summed E-state index contributed by atoms with van der Waals surface area (Å²) in [5, 5.41) is 14.4. The highest BCUT2D eigenvalue weighted by atomic mass is 32.1. The quantitative estimate of drug-likeness (QED) is 0.461. The molecule has 21 heavy (non-hydrogen) atoms. The molecule has 0 unspecified atom stereocenters. The van der Waals surface area contributed by atoms with Gasteiger partial charge in [-0.25, -0.2) is 0 Å². The number of para-hydroxylation sites is 1. The predicted molar refractivity (Wildman–Crippen MR) is 84.6 cm³/mol. The summed E-state index contributed by atoms with van der Waals surface area (Å²) in [4.78, 5) is 12.8. The summed E-state index contributed by atoms with van der Waals surface area (Å²) in [6.45, 7) is 2.42. The number of nitro benzene ring substituents is 1. The van der Waals surface area contributed by atoms with E-state index in [0.717, 1.165) is 31.0 Å². The van der Waals surface area contributed by atoms with Gasteiger partial charge in [-0.15, -0.1) is 11.3 Å². The van der Waals surface area contributed by atoms with E-state index in [1.54, 1.807) is 30.6 Å². The van der Waals surface area contributed by atoms with Crippen molar-refractivity contribution in [1.29, 1.82) is 0 Å². The minimum atomic E-state index is -0.336. The number of hydrogen-bond acceptors (Lipinski definition) is 5. The van der Waals surface area contributed by atoms with Crippen LogP contribution in [0.25, 0.3) is 10.4 Å². The summed E-state index contributed by atoms with van der Waals surface area (Å²) < 4.78 is 4.99. The summed E-state index contributed by atoms with van der Waals surface area (Å²) in [6, 6.07) is 10.8. The molecule has 1 aromatic carbocycles. The smallest absolute Gasteiger partial charge is 0.278 e. The van der Waals surface area contributed by atoms with Crippen LogP contribution in [0.3, 0.4) is 0 Å². The van der Waals surface area contributed by atoms with Gasteiger partial charge >= 0.3 is 0 Å². The fraction of sp³-hybridized carbons (Fsp3) is 0.333. The van der Waals surface area contributed by atoms with Crippen LogP contribution in [0, 0.1) is 10.1 Å². The third kappa shape index (κ3) is 4.35. The van der Waals surface area contributed by atoms with Crippen LogP contribution in [-0.2, 0) is 11.3 Å². The topological polar surface area (TPSA) is 64.4 Å². The normalized spacial score (nSPS) is 10.7. The number of ether oxygens (including phenoxy) is 1. The van der Waals surface area contributed by atoms with E-state index in [1.165, 1.54) is 10.9 Å². The zero-order chi connectivity index (χ0) is 15.1. The van der Waals surface area contributed by atoms with Crippen molar-refractivity contribution in [3.05, 3.63) is 51.4 Å². The van der Waals surface area contributed by atoms with Crippen LogP contribution in [0.5, 0.6) is 0 Å². The Morgan fingerprint density at radius 1 is 1.29 bits per heavy atom. The zero-order valence-corrected chi connectivity index (χ0v) is 12.7. The van der Waals surface area contributed by atoms with Crippen molar-refractivity contribution in [2.45, 2.75) is 13.0 Å². The molecule has 1 N–H and O–H groups in total. The van der Waals surface area contributed by atoms with Gasteiger partial charge in [-0.3, -0.25) is 10.1 Å². The molecule has 0 spiro atoms. The molecule has 0 saturated carbocycles. The van der Waals surface area contributed by atoms with E-state index in [4.69, 9.17) is 4.74 Å². The lowest BCUT2D eigenvalue weighted by Crippen LogP contribution is -2.15. The van der Waals surface area contributed by atoms with Crippen molar-refractivity contribution in [3.63, 3.8) is 0 Å². The van der Waals surface area contributed by atoms with Crippen molar-refractivity contribution in [1.82, 2.24) is 5.32 Å². The largest absolute Gasteiger partial charge is 0.385 e. The molecule has 2 aromatic rings. The van der Waals surface area contributed by atoms with E-state index in [1.807, 2.05) is 18.2 Å². The van der Waals surface area contributed by atoms with E-state index in [0.29, 0.717) is 5.56 Å². The molecule has 0 saturated heterocycles. The molecular formula is C15H18N2O3S. The molecular weight excluding hydrogens is 288 g/mol. The van der Waals surface area contributed by atoms with Crippen molar-refractivity contribution in [3.8, 4) is 10.4 Å². The molecule has 6 heteroatoms. The summed E-state index contributed by atoms with van der Waals surface area (Å²) in [5.74, 6) is 0. The van der Waals surface area contributed by atoms with Gasteiger partial charge in [0.2, 0.25) is 0 Å². The first-order valence-corrected chi connectivity index (χ1v) is 7.56. The van der Waals surface area contributed by atoms with Gasteiger partial charge in [-0.2, -0.15) is 0 Å². The third-order valence-corrected chi connectivity index (χ3v) is 4.15. The standard InChI is InChI=1S/C15H18N2O3S/c1-20-10-4-9-16-11-12-7-8-15(21-12)13-5-2-3-6-14(13)17(18)19/h2-3,5-8,16H,4,9-11H2,1H3. The molecule has 0 aliphatic rings. The van der Waals surface area contributed by atoms with Crippen molar-refractivity contribution >= 4 is 17.0 Å². The van der Waals surface area contributed by atoms with E-state index in [9.17, 15) is 10.1 Å². The second-order valence-electron chi connectivity index (χ2n) is 4.56.